The molecule has 0 heterocycles. The van der Waals surface area contributed by atoms with Crippen molar-refractivity contribution in [1.82, 2.24) is 4.31 Å². The first kappa shape index (κ1) is 14.6. The fraction of sp³-hybridized carbons (Fsp3) is 1.00. The SMILES string of the molecule is CCN(C)S(=O)(=O)[N-]S(=O)(=O)C(F)(F)F. The highest BCUT2D eigenvalue weighted by atomic mass is 32.3. The van der Waals surface area contributed by atoms with Crippen molar-refractivity contribution < 1.29 is 30.0 Å². The Hall–Kier alpha value is -0.390. The molecule has 92 valence electrons. The Labute approximate surface area is 85.3 Å². The van der Waals surface area contributed by atoms with Gasteiger partial charge < -0.3 is 4.13 Å². The molecule has 0 fully saturated rings. The molecule has 0 aromatic heterocycles. The molecule has 15 heavy (non-hydrogen) atoms. The van der Waals surface area contributed by atoms with E-state index in [1.807, 2.05) is 4.13 Å². The number of halogens is 3. The van der Waals surface area contributed by atoms with Crippen LogP contribution in [0.25, 0.3) is 4.13 Å². The Balaban J connectivity index is 5.09. The molecule has 0 amide bonds. The van der Waals surface area contributed by atoms with Crippen LogP contribution in [0, 0.1) is 0 Å². The van der Waals surface area contributed by atoms with Gasteiger partial charge in [-0.2, -0.15) is 13.2 Å². The van der Waals surface area contributed by atoms with Crippen molar-refractivity contribution in [3.63, 3.8) is 0 Å². The molecule has 0 aromatic rings. The summed E-state index contributed by atoms with van der Waals surface area (Å²) in [5, 5.41) is 0. The fourth-order valence-corrected chi connectivity index (χ4v) is 2.50. The minimum Gasteiger partial charge on any atom is -0.415 e. The molecule has 0 aromatic carbocycles. The van der Waals surface area contributed by atoms with Gasteiger partial charge in [-0.25, -0.2) is 21.1 Å². The zero-order valence-electron chi connectivity index (χ0n) is 7.68. The lowest BCUT2D eigenvalue weighted by Crippen LogP contribution is -2.31. The summed E-state index contributed by atoms with van der Waals surface area (Å²) in [5.41, 5.74) is -5.71. The van der Waals surface area contributed by atoms with Gasteiger partial charge in [0.15, 0.2) is 10.0 Å². The summed E-state index contributed by atoms with van der Waals surface area (Å²) in [6.45, 7) is 1.12. The van der Waals surface area contributed by atoms with E-state index >= 15 is 0 Å². The molecule has 0 aliphatic carbocycles. The second kappa shape index (κ2) is 4.23. The Morgan fingerprint density at radius 3 is 1.87 bits per heavy atom. The molecule has 0 spiro atoms. The third-order valence-electron chi connectivity index (χ3n) is 1.32. The molecule has 11 heteroatoms. The first-order chi connectivity index (χ1) is 6.44. The topological polar surface area (TPSA) is 85.6 Å². The van der Waals surface area contributed by atoms with E-state index in [0.717, 1.165) is 7.05 Å². The Kier molecular flexibility index (Phi) is 4.12. The summed E-state index contributed by atoms with van der Waals surface area (Å²) in [7, 11) is -9.91. The highest BCUT2D eigenvalue weighted by molar-refractivity contribution is 8.11. The third kappa shape index (κ3) is 3.59. The molecule has 0 saturated carbocycles. The lowest BCUT2D eigenvalue weighted by atomic mass is 10.8. The number of sulfonamides is 1. The highest BCUT2D eigenvalue weighted by Gasteiger charge is 2.40. The lowest BCUT2D eigenvalue weighted by molar-refractivity contribution is -0.0425. The smallest absolute Gasteiger partial charge is 0.415 e. The van der Waals surface area contributed by atoms with E-state index in [9.17, 15) is 30.0 Å². The van der Waals surface area contributed by atoms with Gasteiger partial charge in [0.05, 0.1) is 0 Å². The molecule has 0 radical (unpaired) electrons. The number of hydrogen-bond acceptors (Lipinski definition) is 4. The van der Waals surface area contributed by atoms with Gasteiger partial charge in [0.2, 0.25) is 0 Å². The Bertz CT molecular complexity index is 412. The first-order valence-corrected chi connectivity index (χ1v) is 6.29. The van der Waals surface area contributed by atoms with Gasteiger partial charge in [0.25, 0.3) is 0 Å². The van der Waals surface area contributed by atoms with E-state index in [4.69, 9.17) is 0 Å². The van der Waals surface area contributed by atoms with Crippen molar-refractivity contribution in [2.24, 2.45) is 0 Å². The number of nitrogens with zero attached hydrogens (tertiary/aromatic N) is 2. The van der Waals surface area contributed by atoms with Crippen molar-refractivity contribution in [2.45, 2.75) is 12.4 Å². The monoisotopic (exact) mass is 269 g/mol. The van der Waals surface area contributed by atoms with Gasteiger partial charge in [0, 0.05) is 13.6 Å². The summed E-state index contributed by atoms with van der Waals surface area (Å²) >= 11 is 0. The van der Waals surface area contributed by atoms with Crippen LogP contribution in [0.2, 0.25) is 0 Å². The molecule has 0 aliphatic heterocycles. The van der Waals surface area contributed by atoms with Crippen LogP contribution in [-0.4, -0.2) is 40.2 Å². The highest BCUT2D eigenvalue weighted by Crippen LogP contribution is 2.30. The minimum atomic E-state index is -6.02. The molecule has 0 aliphatic rings. The maximum atomic E-state index is 11.8. The van der Waals surface area contributed by atoms with Crippen molar-refractivity contribution in [1.29, 1.82) is 0 Å². The van der Waals surface area contributed by atoms with Crippen LogP contribution >= 0.6 is 0 Å². The van der Waals surface area contributed by atoms with Crippen LogP contribution in [0.1, 0.15) is 6.92 Å². The molecule has 0 N–H and O–H groups in total. The maximum Gasteiger partial charge on any atom is 0.480 e. The number of alkyl halides is 3. The molecule has 0 saturated heterocycles. The maximum absolute atomic E-state index is 11.8. The predicted octanol–water partition coefficient (Wildman–Crippen LogP) is 0.406. The van der Waals surface area contributed by atoms with Gasteiger partial charge >= 0.3 is 5.51 Å². The molecular weight excluding hydrogens is 261 g/mol. The van der Waals surface area contributed by atoms with Crippen molar-refractivity contribution in [2.75, 3.05) is 13.6 Å². The molecule has 0 unspecified atom stereocenters. The third-order valence-corrected chi connectivity index (χ3v) is 4.49. The van der Waals surface area contributed by atoms with E-state index in [-0.39, 0.29) is 6.54 Å². The molecule has 0 bridgehead atoms. The van der Waals surface area contributed by atoms with E-state index in [1.54, 1.807) is 0 Å². The Morgan fingerprint density at radius 2 is 1.60 bits per heavy atom. The summed E-state index contributed by atoms with van der Waals surface area (Å²) in [5.74, 6) is 0. The average Bonchev–Trinajstić information content (AvgIpc) is 1.98. The van der Waals surface area contributed by atoms with E-state index in [1.165, 1.54) is 6.92 Å². The van der Waals surface area contributed by atoms with Crippen LogP contribution in [0.15, 0.2) is 0 Å². The van der Waals surface area contributed by atoms with Crippen LogP contribution in [0.4, 0.5) is 13.2 Å². The van der Waals surface area contributed by atoms with Gasteiger partial charge in [-0.1, -0.05) is 6.92 Å². The standard InChI is InChI=1S/C4H8F3N2O4S2/c1-3-9(2)15(12,13)8-14(10,11)4(5,6)7/h3H2,1-2H3/q-1. The van der Waals surface area contributed by atoms with Crippen LogP contribution < -0.4 is 0 Å². The summed E-state index contributed by atoms with van der Waals surface area (Å²) < 4.78 is 80.1. The zero-order chi connectivity index (χ0) is 12.5. The molecule has 6 nitrogen and oxygen atoms in total. The quantitative estimate of drug-likeness (QED) is 0.739. The second-order valence-corrected chi connectivity index (χ2v) is 5.92. The normalized spacial score (nSPS) is 14.5. The summed E-state index contributed by atoms with van der Waals surface area (Å²) in [6, 6.07) is 0. The summed E-state index contributed by atoms with van der Waals surface area (Å²) in [4.78, 5) is 0. The number of rotatable bonds is 4. The van der Waals surface area contributed by atoms with Crippen molar-refractivity contribution in [3.05, 3.63) is 4.13 Å². The van der Waals surface area contributed by atoms with Gasteiger partial charge in [-0.05, 0) is 0 Å². The molecule has 0 rings (SSSR count). The van der Waals surface area contributed by atoms with Crippen LogP contribution in [-0.2, 0) is 20.2 Å². The Morgan fingerprint density at radius 1 is 1.20 bits per heavy atom. The number of hydrogen-bond donors (Lipinski definition) is 0. The van der Waals surface area contributed by atoms with Crippen molar-refractivity contribution >= 4 is 20.2 Å². The van der Waals surface area contributed by atoms with Gasteiger partial charge in [-0.3, -0.25) is 0 Å². The molecule has 0 atom stereocenters. The second-order valence-electron chi connectivity index (χ2n) is 2.39. The zero-order valence-corrected chi connectivity index (χ0v) is 9.32. The van der Waals surface area contributed by atoms with Crippen molar-refractivity contribution in [3.8, 4) is 0 Å². The minimum absolute atomic E-state index is 0.195. The van der Waals surface area contributed by atoms with E-state index < -0.39 is 25.7 Å². The average molecular weight is 269 g/mol. The predicted molar refractivity (Wildman–Crippen MR) is 45.6 cm³/mol. The largest absolute Gasteiger partial charge is 0.480 e. The lowest BCUT2D eigenvalue weighted by Gasteiger charge is -2.27. The first-order valence-electron chi connectivity index (χ1n) is 3.46. The van der Waals surface area contributed by atoms with Crippen LogP contribution in [0.3, 0.4) is 0 Å². The summed E-state index contributed by atoms with van der Waals surface area (Å²) in [6.07, 6.45) is 0. The van der Waals surface area contributed by atoms with E-state index in [0.29, 0.717) is 4.31 Å². The van der Waals surface area contributed by atoms with Gasteiger partial charge in [0.1, 0.15) is 10.2 Å². The fourth-order valence-electron chi connectivity index (χ4n) is 0.386. The molecular formula is C4H8F3N2O4S2-. The van der Waals surface area contributed by atoms with E-state index in [2.05, 4.69) is 0 Å². The van der Waals surface area contributed by atoms with Gasteiger partial charge in [-0.15, -0.1) is 0 Å². The van der Waals surface area contributed by atoms with Crippen LogP contribution in [0.5, 0.6) is 0 Å².